The summed E-state index contributed by atoms with van der Waals surface area (Å²) >= 11 is 0. The highest BCUT2D eigenvalue weighted by Crippen LogP contribution is 2.15. The molecule has 0 radical (unpaired) electrons. The lowest BCUT2D eigenvalue weighted by molar-refractivity contribution is -0.122. The molecule has 1 saturated heterocycles. The molecule has 0 saturated carbocycles. The van der Waals surface area contributed by atoms with Crippen LogP contribution in [0.15, 0.2) is 0 Å². The monoisotopic (exact) mass is 255 g/mol. The number of nitrogens with zero attached hydrogens (tertiary/aromatic N) is 1. The van der Waals surface area contributed by atoms with Crippen molar-refractivity contribution in [3.8, 4) is 0 Å². The molecule has 0 aromatic rings. The van der Waals surface area contributed by atoms with E-state index in [1.807, 2.05) is 7.05 Å². The molecule has 1 aliphatic rings. The molecule has 0 bridgehead atoms. The molecule has 106 valence electrons. The molecule has 0 aliphatic carbocycles. The van der Waals surface area contributed by atoms with Gasteiger partial charge < -0.3 is 10.6 Å². The van der Waals surface area contributed by atoms with Crippen molar-refractivity contribution in [1.82, 2.24) is 15.5 Å². The van der Waals surface area contributed by atoms with Crippen LogP contribution in [0.5, 0.6) is 0 Å². The average Bonchev–Trinajstić information content (AvgIpc) is 2.29. The molecule has 1 fully saturated rings. The second-order valence-electron chi connectivity index (χ2n) is 5.83. The smallest absolute Gasteiger partial charge is 0.234 e. The van der Waals surface area contributed by atoms with Crippen LogP contribution in [0.4, 0.5) is 0 Å². The van der Waals surface area contributed by atoms with E-state index in [0.717, 1.165) is 32.6 Å². The highest BCUT2D eigenvalue weighted by atomic mass is 16.2. The van der Waals surface area contributed by atoms with Crippen molar-refractivity contribution in [2.24, 2.45) is 11.8 Å². The van der Waals surface area contributed by atoms with Gasteiger partial charge in [-0.3, -0.25) is 9.69 Å². The van der Waals surface area contributed by atoms with Gasteiger partial charge in [-0.1, -0.05) is 13.8 Å². The Bertz CT molecular complexity index is 241. The molecular formula is C14H29N3O. The van der Waals surface area contributed by atoms with Crippen LogP contribution < -0.4 is 10.6 Å². The lowest BCUT2D eigenvalue weighted by Gasteiger charge is -2.32. The lowest BCUT2D eigenvalue weighted by Crippen LogP contribution is -2.44. The third-order valence-electron chi connectivity index (χ3n) is 3.51. The fourth-order valence-electron chi connectivity index (χ4n) is 2.51. The lowest BCUT2D eigenvalue weighted by atomic mass is 9.98. The van der Waals surface area contributed by atoms with Gasteiger partial charge in [-0.05, 0) is 51.2 Å². The van der Waals surface area contributed by atoms with Gasteiger partial charge in [0.05, 0.1) is 6.54 Å². The maximum atomic E-state index is 11.8. The van der Waals surface area contributed by atoms with E-state index in [2.05, 4.69) is 29.4 Å². The van der Waals surface area contributed by atoms with Gasteiger partial charge in [0.15, 0.2) is 0 Å². The van der Waals surface area contributed by atoms with E-state index in [-0.39, 0.29) is 5.91 Å². The molecule has 1 amide bonds. The van der Waals surface area contributed by atoms with Gasteiger partial charge in [0.1, 0.15) is 0 Å². The summed E-state index contributed by atoms with van der Waals surface area (Å²) in [6.07, 6.45) is 3.56. The van der Waals surface area contributed by atoms with Crippen LogP contribution >= 0.6 is 0 Å². The normalized spacial score (nSPS) is 21.2. The molecule has 0 aromatic heterocycles. The molecule has 1 rings (SSSR count). The summed E-state index contributed by atoms with van der Waals surface area (Å²) in [7, 11) is 2.00. The zero-order chi connectivity index (χ0) is 13.4. The predicted molar refractivity (Wildman–Crippen MR) is 75.6 cm³/mol. The number of rotatable bonds is 7. The number of amides is 1. The number of carbonyl (C=O) groups excluding carboxylic acids is 1. The number of likely N-dealkylation sites (tertiary alicyclic amines) is 1. The van der Waals surface area contributed by atoms with Crippen LogP contribution in [0.1, 0.15) is 33.1 Å². The van der Waals surface area contributed by atoms with Crippen LogP contribution in [0.2, 0.25) is 0 Å². The molecule has 1 aliphatic heterocycles. The molecule has 1 unspecified atom stereocenters. The minimum Gasteiger partial charge on any atom is -0.355 e. The summed E-state index contributed by atoms with van der Waals surface area (Å²) in [5.41, 5.74) is 0. The van der Waals surface area contributed by atoms with Crippen molar-refractivity contribution >= 4 is 5.91 Å². The summed E-state index contributed by atoms with van der Waals surface area (Å²) in [5.74, 6) is 1.54. The van der Waals surface area contributed by atoms with Crippen LogP contribution in [0.3, 0.4) is 0 Å². The molecular weight excluding hydrogens is 226 g/mol. The molecule has 2 N–H and O–H groups in total. The second kappa shape index (κ2) is 8.48. The third kappa shape index (κ3) is 6.36. The van der Waals surface area contributed by atoms with Crippen molar-refractivity contribution in [3.63, 3.8) is 0 Å². The van der Waals surface area contributed by atoms with Crippen LogP contribution in [0.25, 0.3) is 0 Å². The summed E-state index contributed by atoms with van der Waals surface area (Å²) in [5, 5.41) is 6.24. The Hall–Kier alpha value is -0.610. The van der Waals surface area contributed by atoms with Gasteiger partial charge in [-0.2, -0.15) is 0 Å². The van der Waals surface area contributed by atoms with E-state index >= 15 is 0 Å². The largest absolute Gasteiger partial charge is 0.355 e. The van der Waals surface area contributed by atoms with Gasteiger partial charge in [0, 0.05) is 13.1 Å². The molecule has 1 heterocycles. The Morgan fingerprint density at radius 3 is 2.89 bits per heavy atom. The predicted octanol–water partition coefficient (Wildman–Crippen LogP) is 1.08. The van der Waals surface area contributed by atoms with Crippen molar-refractivity contribution in [2.45, 2.75) is 33.1 Å². The molecule has 0 aromatic carbocycles. The van der Waals surface area contributed by atoms with Crippen molar-refractivity contribution in [1.29, 1.82) is 0 Å². The van der Waals surface area contributed by atoms with Crippen LogP contribution in [0, 0.1) is 11.8 Å². The van der Waals surface area contributed by atoms with E-state index in [1.165, 1.54) is 12.8 Å². The maximum Gasteiger partial charge on any atom is 0.234 e. The fourth-order valence-corrected chi connectivity index (χ4v) is 2.51. The van der Waals surface area contributed by atoms with Gasteiger partial charge in [-0.15, -0.1) is 0 Å². The zero-order valence-electron chi connectivity index (χ0n) is 12.2. The number of hydrogen-bond donors (Lipinski definition) is 2. The van der Waals surface area contributed by atoms with E-state index in [9.17, 15) is 4.79 Å². The Morgan fingerprint density at radius 2 is 2.22 bits per heavy atom. The standard InChI is InChI=1S/C14H29N3O/c1-12(2)6-7-16-14(18)11-17-8-4-5-13(10-17)9-15-3/h12-13,15H,4-11H2,1-3H3,(H,16,18). The average molecular weight is 255 g/mol. The first-order valence-corrected chi connectivity index (χ1v) is 7.25. The van der Waals surface area contributed by atoms with E-state index in [4.69, 9.17) is 0 Å². The SMILES string of the molecule is CNCC1CCCN(CC(=O)NCCC(C)C)C1. The summed E-state index contributed by atoms with van der Waals surface area (Å²) in [6.45, 7) is 8.92. The maximum absolute atomic E-state index is 11.8. The summed E-state index contributed by atoms with van der Waals surface area (Å²) in [4.78, 5) is 14.1. The minimum atomic E-state index is 0.181. The Morgan fingerprint density at radius 1 is 1.44 bits per heavy atom. The highest BCUT2D eigenvalue weighted by molar-refractivity contribution is 5.77. The third-order valence-corrected chi connectivity index (χ3v) is 3.51. The van der Waals surface area contributed by atoms with E-state index in [0.29, 0.717) is 18.4 Å². The van der Waals surface area contributed by atoms with Gasteiger partial charge >= 0.3 is 0 Å². The van der Waals surface area contributed by atoms with Crippen LogP contribution in [-0.2, 0) is 4.79 Å². The first-order chi connectivity index (χ1) is 8.61. The summed E-state index contributed by atoms with van der Waals surface area (Å²) < 4.78 is 0. The Kier molecular flexibility index (Phi) is 7.28. The van der Waals surface area contributed by atoms with Crippen molar-refractivity contribution < 1.29 is 4.79 Å². The van der Waals surface area contributed by atoms with Crippen molar-refractivity contribution in [2.75, 3.05) is 39.8 Å². The van der Waals surface area contributed by atoms with Gasteiger partial charge in [0.25, 0.3) is 0 Å². The Labute approximate surface area is 111 Å². The molecule has 4 heteroatoms. The molecule has 4 nitrogen and oxygen atoms in total. The Balaban J connectivity index is 2.18. The van der Waals surface area contributed by atoms with Gasteiger partial charge in [-0.25, -0.2) is 0 Å². The van der Waals surface area contributed by atoms with Crippen LogP contribution in [-0.4, -0.2) is 50.6 Å². The topological polar surface area (TPSA) is 44.4 Å². The fraction of sp³-hybridized carbons (Fsp3) is 0.929. The molecule has 1 atom stereocenters. The summed E-state index contributed by atoms with van der Waals surface area (Å²) in [6, 6.07) is 0. The van der Waals surface area contributed by atoms with Gasteiger partial charge in [0.2, 0.25) is 5.91 Å². The zero-order valence-corrected chi connectivity index (χ0v) is 12.2. The number of carbonyl (C=O) groups is 1. The molecule has 18 heavy (non-hydrogen) atoms. The van der Waals surface area contributed by atoms with Crippen molar-refractivity contribution in [3.05, 3.63) is 0 Å². The highest BCUT2D eigenvalue weighted by Gasteiger charge is 2.20. The van der Waals surface area contributed by atoms with E-state index < -0.39 is 0 Å². The van der Waals surface area contributed by atoms with E-state index in [1.54, 1.807) is 0 Å². The quantitative estimate of drug-likeness (QED) is 0.715. The number of nitrogens with one attached hydrogen (secondary N) is 2. The minimum absolute atomic E-state index is 0.181. The first kappa shape index (κ1) is 15.4. The first-order valence-electron chi connectivity index (χ1n) is 7.25. The number of piperidine rings is 1. The molecule has 0 spiro atoms. The second-order valence-corrected chi connectivity index (χ2v) is 5.83. The number of hydrogen-bond acceptors (Lipinski definition) is 3.